The summed E-state index contributed by atoms with van der Waals surface area (Å²) < 4.78 is 1.35. The van der Waals surface area contributed by atoms with E-state index in [9.17, 15) is 14.4 Å². The molecule has 0 saturated carbocycles. The average Bonchev–Trinajstić information content (AvgIpc) is 2.65. The lowest BCUT2D eigenvalue weighted by molar-refractivity contribution is 0.0984. The largest absolute Gasteiger partial charge is 0.383 e. The van der Waals surface area contributed by atoms with Crippen molar-refractivity contribution in [2.75, 3.05) is 17.2 Å². The number of benzene rings is 1. The number of nitrogens with two attached hydrogens (primary N) is 1. The van der Waals surface area contributed by atoms with E-state index in [0.717, 1.165) is 24.0 Å². The Morgan fingerprint density at radius 1 is 1.24 bits per heavy atom. The second-order valence-electron chi connectivity index (χ2n) is 7.89. The number of carbonyl (C=O) groups excluding carboxylic acids is 1. The number of hydrogen-bond donors (Lipinski definition) is 2. The molecule has 2 rings (SSSR count). The highest BCUT2D eigenvalue weighted by Gasteiger charge is 2.26. The normalized spacial score (nSPS) is 11.1. The Bertz CT molecular complexity index is 989. The molecule has 1 amide bonds. The van der Waals surface area contributed by atoms with Crippen LogP contribution in [0.3, 0.4) is 0 Å². The van der Waals surface area contributed by atoms with Crippen LogP contribution in [-0.4, -0.2) is 22.0 Å². The lowest BCUT2D eigenvalue weighted by Crippen LogP contribution is -2.42. The van der Waals surface area contributed by atoms with E-state index < -0.39 is 11.2 Å². The molecule has 1 aromatic heterocycles. The topological polar surface area (TPSA) is 101 Å². The molecule has 7 heteroatoms. The van der Waals surface area contributed by atoms with Gasteiger partial charge >= 0.3 is 5.69 Å². The summed E-state index contributed by atoms with van der Waals surface area (Å²) in [5.74, 6) is 0.0783. The number of H-pyrrole nitrogens is 1. The summed E-state index contributed by atoms with van der Waals surface area (Å²) in [6.45, 7) is 10.7. The van der Waals surface area contributed by atoms with E-state index >= 15 is 0 Å². The molecule has 0 spiro atoms. The molecule has 0 fully saturated rings. The maximum atomic E-state index is 13.5. The van der Waals surface area contributed by atoms with Crippen LogP contribution in [0.1, 0.15) is 61.5 Å². The Hall–Kier alpha value is -2.83. The van der Waals surface area contributed by atoms with E-state index in [1.807, 2.05) is 32.9 Å². The first-order chi connectivity index (χ1) is 13.7. The Balaban J connectivity index is 2.64. The molecule has 0 unspecified atom stereocenters. The number of amides is 1. The maximum absolute atomic E-state index is 13.5. The Morgan fingerprint density at radius 2 is 1.93 bits per heavy atom. The van der Waals surface area contributed by atoms with Gasteiger partial charge in [-0.3, -0.25) is 19.1 Å². The van der Waals surface area contributed by atoms with Crippen LogP contribution >= 0.6 is 0 Å². The van der Waals surface area contributed by atoms with Gasteiger partial charge in [-0.25, -0.2) is 4.79 Å². The first-order valence-electron chi connectivity index (χ1n) is 10.2. The Labute approximate surface area is 171 Å². The standard InChI is InChI=1S/C22H32N4O3/c1-6-7-12-26-19(23)18(20(27)24-22(26)29)25(13-11-14(2)3)21(28)17-10-8-9-15(4)16(17)5/h8-10,14H,6-7,11-13,23H2,1-5H3,(H,24,27,29). The van der Waals surface area contributed by atoms with E-state index in [0.29, 0.717) is 31.0 Å². The zero-order valence-corrected chi connectivity index (χ0v) is 18.0. The molecule has 0 atom stereocenters. The highest BCUT2D eigenvalue weighted by Crippen LogP contribution is 2.23. The van der Waals surface area contributed by atoms with E-state index in [4.69, 9.17) is 5.73 Å². The van der Waals surface area contributed by atoms with E-state index in [-0.39, 0.29) is 17.4 Å². The molecule has 1 heterocycles. The van der Waals surface area contributed by atoms with Gasteiger partial charge in [-0.15, -0.1) is 0 Å². The maximum Gasteiger partial charge on any atom is 0.330 e. The molecular formula is C22H32N4O3. The van der Waals surface area contributed by atoms with Gasteiger partial charge in [0.25, 0.3) is 11.5 Å². The average molecular weight is 401 g/mol. The van der Waals surface area contributed by atoms with Gasteiger partial charge in [-0.2, -0.15) is 0 Å². The Morgan fingerprint density at radius 3 is 2.55 bits per heavy atom. The third kappa shape index (κ3) is 4.96. The summed E-state index contributed by atoms with van der Waals surface area (Å²) in [5.41, 5.74) is 7.51. The van der Waals surface area contributed by atoms with Crippen LogP contribution in [0.15, 0.2) is 27.8 Å². The fraction of sp³-hybridized carbons (Fsp3) is 0.500. The quantitative estimate of drug-likeness (QED) is 0.710. The number of anilines is 2. The minimum absolute atomic E-state index is 0.0367. The van der Waals surface area contributed by atoms with Gasteiger partial charge in [0.1, 0.15) is 5.82 Å². The fourth-order valence-electron chi connectivity index (χ4n) is 3.21. The number of aromatic amines is 1. The van der Waals surface area contributed by atoms with E-state index in [1.54, 1.807) is 6.07 Å². The molecular weight excluding hydrogens is 368 g/mol. The van der Waals surface area contributed by atoms with Gasteiger partial charge in [-0.05, 0) is 49.8 Å². The molecule has 0 aliphatic carbocycles. The molecule has 0 radical (unpaired) electrons. The molecule has 0 bridgehead atoms. The molecule has 158 valence electrons. The first-order valence-corrected chi connectivity index (χ1v) is 10.2. The number of carbonyl (C=O) groups is 1. The summed E-state index contributed by atoms with van der Waals surface area (Å²) >= 11 is 0. The van der Waals surface area contributed by atoms with Crippen molar-refractivity contribution in [2.45, 2.75) is 60.4 Å². The predicted molar refractivity (Wildman–Crippen MR) is 118 cm³/mol. The highest BCUT2D eigenvalue weighted by molar-refractivity contribution is 6.08. The third-order valence-electron chi connectivity index (χ3n) is 5.23. The van der Waals surface area contributed by atoms with Crippen molar-refractivity contribution in [3.8, 4) is 0 Å². The second kappa shape index (κ2) is 9.58. The molecule has 2 aromatic rings. The zero-order valence-electron chi connectivity index (χ0n) is 18.0. The van der Waals surface area contributed by atoms with Gasteiger partial charge < -0.3 is 10.6 Å². The monoisotopic (exact) mass is 400 g/mol. The van der Waals surface area contributed by atoms with Gasteiger partial charge in [0.2, 0.25) is 0 Å². The molecule has 3 N–H and O–H groups in total. The summed E-state index contributed by atoms with van der Waals surface area (Å²) in [6.07, 6.45) is 2.31. The third-order valence-corrected chi connectivity index (χ3v) is 5.23. The van der Waals surface area contributed by atoms with Crippen LogP contribution in [0.25, 0.3) is 0 Å². The van der Waals surface area contributed by atoms with Crippen molar-refractivity contribution >= 4 is 17.4 Å². The number of hydrogen-bond acceptors (Lipinski definition) is 4. The number of aromatic nitrogens is 2. The number of rotatable bonds is 8. The molecule has 0 saturated heterocycles. The summed E-state index contributed by atoms with van der Waals surface area (Å²) in [7, 11) is 0. The molecule has 7 nitrogen and oxygen atoms in total. The van der Waals surface area contributed by atoms with Crippen molar-refractivity contribution in [2.24, 2.45) is 5.92 Å². The first kappa shape index (κ1) is 22.5. The minimum atomic E-state index is -0.636. The van der Waals surface area contributed by atoms with Crippen molar-refractivity contribution in [1.82, 2.24) is 9.55 Å². The lowest BCUT2D eigenvalue weighted by Gasteiger charge is -2.26. The SMILES string of the molecule is CCCCn1c(N)c(N(CCC(C)C)C(=O)c2cccc(C)c2C)c(=O)[nH]c1=O. The number of nitrogens with zero attached hydrogens (tertiary/aromatic N) is 2. The lowest BCUT2D eigenvalue weighted by atomic mass is 10.0. The number of unbranched alkanes of at least 4 members (excludes halogenated alkanes) is 1. The smallest absolute Gasteiger partial charge is 0.330 e. The van der Waals surface area contributed by atoms with E-state index in [1.165, 1.54) is 9.47 Å². The van der Waals surface area contributed by atoms with Crippen LogP contribution in [-0.2, 0) is 6.54 Å². The zero-order chi connectivity index (χ0) is 21.7. The van der Waals surface area contributed by atoms with Crippen molar-refractivity contribution in [3.05, 3.63) is 55.7 Å². The van der Waals surface area contributed by atoms with Crippen LogP contribution in [0.4, 0.5) is 11.5 Å². The number of nitrogens with one attached hydrogen (secondary N) is 1. The summed E-state index contributed by atoms with van der Waals surface area (Å²) in [4.78, 5) is 42.2. The van der Waals surface area contributed by atoms with Gasteiger partial charge in [0, 0.05) is 18.7 Å². The number of nitrogen functional groups attached to an aromatic ring is 1. The second-order valence-corrected chi connectivity index (χ2v) is 7.89. The number of aryl methyl sites for hydroxylation is 1. The highest BCUT2D eigenvalue weighted by atomic mass is 16.2. The van der Waals surface area contributed by atoms with Crippen molar-refractivity contribution in [1.29, 1.82) is 0 Å². The van der Waals surface area contributed by atoms with Crippen molar-refractivity contribution in [3.63, 3.8) is 0 Å². The molecule has 29 heavy (non-hydrogen) atoms. The van der Waals surface area contributed by atoms with Crippen LogP contribution in [0, 0.1) is 19.8 Å². The van der Waals surface area contributed by atoms with Crippen LogP contribution in [0.2, 0.25) is 0 Å². The molecule has 0 aliphatic rings. The van der Waals surface area contributed by atoms with Crippen molar-refractivity contribution < 1.29 is 4.79 Å². The van der Waals surface area contributed by atoms with Crippen LogP contribution < -0.4 is 21.9 Å². The van der Waals surface area contributed by atoms with Gasteiger partial charge in [0.05, 0.1) is 0 Å². The molecule has 1 aromatic carbocycles. The van der Waals surface area contributed by atoms with Crippen LogP contribution in [0.5, 0.6) is 0 Å². The summed E-state index contributed by atoms with van der Waals surface area (Å²) in [6, 6.07) is 5.52. The fourth-order valence-corrected chi connectivity index (χ4v) is 3.21. The Kier molecular flexibility index (Phi) is 7.42. The summed E-state index contributed by atoms with van der Waals surface area (Å²) in [5, 5.41) is 0. The molecule has 0 aliphatic heterocycles. The van der Waals surface area contributed by atoms with Gasteiger partial charge in [0.15, 0.2) is 5.69 Å². The minimum Gasteiger partial charge on any atom is -0.383 e. The van der Waals surface area contributed by atoms with E-state index in [2.05, 4.69) is 18.8 Å². The van der Waals surface area contributed by atoms with Gasteiger partial charge in [-0.1, -0.05) is 39.3 Å². The predicted octanol–water partition coefficient (Wildman–Crippen LogP) is 3.23.